The average Bonchev–Trinajstić information content (AvgIpc) is 2.17. The number of alkyl halides is 3. The summed E-state index contributed by atoms with van der Waals surface area (Å²) in [6.45, 7) is 0.271. The molecule has 0 aliphatic heterocycles. The summed E-state index contributed by atoms with van der Waals surface area (Å²) in [6.07, 6.45) is -4.25. The van der Waals surface area contributed by atoms with E-state index in [4.69, 9.17) is 0 Å². The molecule has 0 saturated carbocycles. The number of halogens is 3. The molecule has 0 aliphatic rings. The van der Waals surface area contributed by atoms with Gasteiger partial charge >= 0.3 is 6.18 Å². The number of nitrogens with zero attached hydrogens (tertiary/aromatic N) is 1. The topological polar surface area (TPSA) is 45.1 Å². The van der Waals surface area contributed by atoms with Crippen LogP contribution in [0.4, 0.5) is 13.2 Å². The summed E-state index contributed by atoms with van der Waals surface area (Å²) in [7, 11) is 1.64. The van der Waals surface area contributed by atoms with E-state index in [-0.39, 0.29) is 6.54 Å². The number of hydrogen-bond acceptors (Lipinski definition) is 3. The third-order valence-corrected chi connectivity index (χ3v) is 1.86. The molecule has 0 saturated heterocycles. The van der Waals surface area contributed by atoms with Crippen molar-refractivity contribution in [3.05, 3.63) is 29.6 Å². The van der Waals surface area contributed by atoms with Gasteiger partial charge in [-0.3, -0.25) is 4.98 Å². The zero-order valence-electron chi connectivity index (χ0n) is 8.04. The molecular formula is C9H11F3N2O. The number of aliphatic hydroxyl groups is 1. The second kappa shape index (κ2) is 4.59. The van der Waals surface area contributed by atoms with Crippen LogP contribution in [-0.2, 0) is 6.18 Å². The summed E-state index contributed by atoms with van der Waals surface area (Å²) in [5.41, 5.74) is -0.597. The molecule has 1 aromatic heterocycles. The van der Waals surface area contributed by atoms with Crippen molar-refractivity contribution in [2.24, 2.45) is 0 Å². The van der Waals surface area contributed by atoms with Crippen LogP contribution in [-0.4, -0.2) is 23.7 Å². The van der Waals surface area contributed by atoms with Crippen LogP contribution >= 0.6 is 0 Å². The quantitative estimate of drug-likeness (QED) is 0.808. The minimum atomic E-state index is -4.44. The van der Waals surface area contributed by atoms with Crippen molar-refractivity contribution < 1.29 is 18.3 Å². The van der Waals surface area contributed by atoms with Crippen molar-refractivity contribution in [3.8, 4) is 0 Å². The number of aliphatic hydroxyl groups excluding tert-OH is 1. The first-order chi connectivity index (χ1) is 6.95. The molecule has 0 amide bonds. The van der Waals surface area contributed by atoms with Crippen LogP contribution < -0.4 is 5.32 Å². The van der Waals surface area contributed by atoms with Crippen LogP contribution in [0.15, 0.2) is 18.3 Å². The number of rotatable bonds is 3. The standard InChI is InChI=1S/C9H11F3N2O/c1-13-5-7(15)6-2-3-8(14-4-6)9(10,11)12/h2-4,7,13,15H,5H2,1H3. The SMILES string of the molecule is CNCC(O)c1ccc(C(F)(F)F)nc1. The summed E-state index contributed by atoms with van der Waals surface area (Å²) in [5.74, 6) is 0. The predicted octanol–water partition coefficient (Wildman–Crippen LogP) is 1.35. The average molecular weight is 220 g/mol. The van der Waals surface area contributed by atoms with E-state index < -0.39 is 18.0 Å². The molecule has 3 nitrogen and oxygen atoms in total. The van der Waals surface area contributed by atoms with Gasteiger partial charge in [0, 0.05) is 18.3 Å². The first kappa shape index (κ1) is 11.9. The Morgan fingerprint density at radius 3 is 2.53 bits per heavy atom. The second-order valence-corrected chi connectivity index (χ2v) is 3.05. The lowest BCUT2D eigenvalue weighted by Crippen LogP contribution is -2.17. The van der Waals surface area contributed by atoms with Crippen LogP contribution in [0.5, 0.6) is 0 Å². The molecule has 0 radical (unpaired) electrons. The third kappa shape index (κ3) is 3.17. The van der Waals surface area contributed by atoms with Gasteiger partial charge in [0.15, 0.2) is 0 Å². The summed E-state index contributed by atoms with van der Waals surface area (Å²) in [6, 6.07) is 2.08. The number of nitrogens with one attached hydrogen (secondary N) is 1. The van der Waals surface area contributed by atoms with E-state index in [0.29, 0.717) is 5.56 Å². The molecule has 6 heteroatoms. The van der Waals surface area contributed by atoms with E-state index in [1.54, 1.807) is 7.05 Å². The normalized spacial score (nSPS) is 13.9. The van der Waals surface area contributed by atoms with Gasteiger partial charge in [0.2, 0.25) is 0 Å². The first-order valence-corrected chi connectivity index (χ1v) is 4.31. The van der Waals surface area contributed by atoms with Crippen molar-refractivity contribution in [2.45, 2.75) is 12.3 Å². The van der Waals surface area contributed by atoms with E-state index in [2.05, 4.69) is 10.3 Å². The van der Waals surface area contributed by atoms with Crippen LogP contribution in [0.3, 0.4) is 0 Å². The molecule has 15 heavy (non-hydrogen) atoms. The first-order valence-electron chi connectivity index (χ1n) is 4.31. The molecule has 0 aromatic carbocycles. The lowest BCUT2D eigenvalue weighted by molar-refractivity contribution is -0.141. The van der Waals surface area contributed by atoms with Gasteiger partial charge in [0.25, 0.3) is 0 Å². The van der Waals surface area contributed by atoms with E-state index in [1.807, 2.05) is 0 Å². The highest BCUT2D eigenvalue weighted by Crippen LogP contribution is 2.27. The summed E-state index contributed by atoms with van der Waals surface area (Å²) >= 11 is 0. The third-order valence-electron chi connectivity index (χ3n) is 1.86. The monoisotopic (exact) mass is 220 g/mol. The molecule has 2 N–H and O–H groups in total. The van der Waals surface area contributed by atoms with Gasteiger partial charge in [-0.25, -0.2) is 0 Å². The lowest BCUT2D eigenvalue weighted by Gasteiger charge is -2.11. The fourth-order valence-electron chi connectivity index (χ4n) is 1.08. The Kier molecular flexibility index (Phi) is 3.65. The minimum absolute atomic E-state index is 0.271. The second-order valence-electron chi connectivity index (χ2n) is 3.05. The van der Waals surface area contributed by atoms with E-state index >= 15 is 0 Å². The van der Waals surface area contributed by atoms with E-state index in [0.717, 1.165) is 12.3 Å². The van der Waals surface area contributed by atoms with Gasteiger partial charge in [-0.2, -0.15) is 13.2 Å². The van der Waals surface area contributed by atoms with Gasteiger partial charge in [-0.05, 0) is 13.1 Å². The van der Waals surface area contributed by atoms with Crippen LogP contribution in [0.2, 0.25) is 0 Å². The molecular weight excluding hydrogens is 209 g/mol. The van der Waals surface area contributed by atoms with Crippen molar-refractivity contribution >= 4 is 0 Å². The van der Waals surface area contributed by atoms with Crippen molar-refractivity contribution in [3.63, 3.8) is 0 Å². The zero-order chi connectivity index (χ0) is 11.5. The molecule has 1 rings (SSSR count). The summed E-state index contributed by atoms with van der Waals surface area (Å²) < 4.78 is 36.4. The number of pyridine rings is 1. The maximum atomic E-state index is 12.1. The number of aromatic nitrogens is 1. The molecule has 1 heterocycles. The Morgan fingerprint density at radius 1 is 1.47 bits per heavy atom. The molecule has 1 atom stereocenters. The Labute approximate surface area is 85.0 Å². The Bertz CT molecular complexity index is 310. The van der Waals surface area contributed by atoms with Crippen molar-refractivity contribution in [2.75, 3.05) is 13.6 Å². The fourth-order valence-corrected chi connectivity index (χ4v) is 1.08. The Morgan fingerprint density at radius 2 is 2.13 bits per heavy atom. The van der Waals surface area contributed by atoms with Crippen LogP contribution in [0.1, 0.15) is 17.4 Å². The van der Waals surface area contributed by atoms with Crippen molar-refractivity contribution in [1.29, 1.82) is 0 Å². The molecule has 1 aromatic rings. The molecule has 0 spiro atoms. The molecule has 0 aliphatic carbocycles. The molecule has 0 fully saturated rings. The Balaban J connectivity index is 2.81. The summed E-state index contributed by atoms with van der Waals surface area (Å²) in [4.78, 5) is 3.24. The van der Waals surface area contributed by atoms with Crippen LogP contribution in [0, 0.1) is 0 Å². The summed E-state index contributed by atoms with van der Waals surface area (Å²) in [5, 5.41) is 12.1. The smallest absolute Gasteiger partial charge is 0.387 e. The van der Waals surface area contributed by atoms with E-state index in [1.165, 1.54) is 6.07 Å². The van der Waals surface area contributed by atoms with Crippen LogP contribution in [0.25, 0.3) is 0 Å². The van der Waals surface area contributed by atoms with E-state index in [9.17, 15) is 18.3 Å². The number of hydrogen-bond donors (Lipinski definition) is 2. The highest BCUT2D eigenvalue weighted by molar-refractivity contribution is 5.18. The fraction of sp³-hybridized carbons (Fsp3) is 0.444. The zero-order valence-corrected chi connectivity index (χ0v) is 8.04. The highest BCUT2D eigenvalue weighted by atomic mass is 19.4. The molecule has 84 valence electrons. The maximum Gasteiger partial charge on any atom is 0.433 e. The molecule has 0 bridgehead atoms. The van der Waals surface area contributed by atoms with Gasteiger partial charge < -0.3 is 10.4 Å². The number of likely N-dealkylation sites (N-methyl/N-ethyl adjacent to an activating group) is 1. The van der Waals surface area contributed by atoms with Gasteiger partial charge in [0.05, 0.1) is 6.10 Å². The highest BCUT2D eigenvalue weighted by Gasteiger charge is 2.32. The largest absolute Gasteiger partial charge is 0.433 e. The Hall–Kier alpha value is -1.14. The predicted molar refractivity (Wildman–Crippen MR) is 48.1 cm³/mol. The van der Waals surface area contributed by atoms with Gasteiger partial charge in [-0.15, -0.1) is 0 Å². The maximum absolute atomic E-state index is 12.1. The van der Waals surface area contributed by atoms with Crippen molar-refractivity contribution in [1.82, 2.24) is 10.3 Å². The lowest BCUT2D eigenvalue weighted by atomic mass is 10.1. The van der Waals surface area contributed by atoms with Gasteiger partial charge in [-0.1, -0.05) is 6.07 Å². The minimum Gasteiger partial charge on any atom is -0.387 e. The molecule has 1 unspecified atom stereocenters. The van der Waals surface area contributed by atoms with Gasteiger partial charge in [0.1, 0.15) is 5.69 Å².